The van der Waals surface area contributed by atoms with Crippen molar-refractivity contribution in [3.8, 4) is 33.8 Å². The molecule has 1 aromatic heterocycles. The van der Waals surface area contributed by atoms with E-state index in [1.807, 2.05) is 68.6 Å². The predicted octanol–water partition coefficient (Wildman–Crippen LogP) is 5.21. The zero-order valence-electron chi connectivity index (χ0n) is 20.6. The van der Waals surface area contributed by atoms with Crippen LogP contribution in [0.5, 0.6) is 16.6 Å². The lowest BCUT2D eigenvalue weighted by Crippen LogP contribution is -2.36. The van der Waals surface area contributed by atoms with Crippen LogP contribution in [0.3, 0.4) is 0 Å². The van der Waals surface area contributed by atoms with Gasteiger partial charge in [-0.15, -0.1) is 11.3 Å². The van der Waals surface area contributed by atoms with Gasteiger partial charge in [0.25, 0.3) is 0 Å². The van der Waals surface area contributed by atoms with Crippen molar-refractivity contribution in [3.05, 3.63) is 64.5 Å². The van der Waals surface area contributed by atoms with E-state index >= 15 is 0 Å². The third kappa shape index (κ3) is 6.68. The van der Waals surface area contributed by atoms with E-state index in [4.69, 9.17) is 18.9 Å². The fraction of sp³-hybridized carbons (Fsp3) is 0.333. The highest BCUT2D eigenvalue weighted by molar-refractivity contribution is 7.12. The van der Waals surface area contributed by atoms with Crippen LogP contribution in [0.4, 0.5) is 4.79 Å². The first-order valence-electron chi connectivity index (χ1n) is 11.6. The van der Waals surface area contributed by atoms with E-state index in [0.717, 1.165) is 22.3 Å². The second kappa shape index (κ2) is 11.3. The van der Waals surface area contributed by atoms with Crippen molar-refractivity contribution in [2.24, 2.45) is 0 Å². The summed E-state index contributed by atoms with van der Waals surface area (Å²) in [4.78, 5) is 11.6. The summed E-state index contributed by atoms with van der Waals surface area (Å²) in [5, 5.41) is 18.3. The number of nitrogens with zero attached hydrogens (tertiary/aromatic N) is 1. The maximum absolute atomic E-state index is 11.6. The van der Waals surface area contributed by atoms with Crippen LogP contribution >= 0.6 is 11.3 Å². The third-order valence-electron chi connectivity index (χ3n) is 5.24. The molecule has 3 aromatic rings. The number of hydrogen-bond acceptors (Lipinski definition) is 8. The number of alkyl carbamates (subject to hydrolysis) is 1. The standard InChI is InChI=1S/C27H29N3O5S/c1-27(2,3)35-26(31)30-11-10-29-14-18-4-6-19(7-5-18)15-32-25-21(13-28)22(16-36-25)20-8-9-23-24(12-20)34-17-33-23/h4-9,12,16,29H,10-11,14-15,17H2,1-3H3,(H,30,31). The molecule has 9 heteroatoms. The van der Waals surface area contributed by atoms with Gasteiger partial charge in [0.2, 0.25) is 6.79 Å². The van der Waals surface area contributed by atoms with Crippen LogP contribution in [-0.4, -0.2) is 31.6 Å². The Morgan fingerprint density at radius 2 is 1.83 bits per heavy atom. The SMILES string of the molecule is CC(C)(C)OC(=O)NCCNCc1ccc(COc2scc(-c3ccc4c(c3)OCO4)c2C#N)cc1. The molecule has 8 nitrogen and oxygen atoms in total. The van der Waals surface area contributed by atoms with Crippen LogP contribution in [0.2, 0.25) is 0 Å². The molecular weight excluding hydrogens is 478 g/mol. The Kier molecular flexibility index (Phi) is 7.98. The molecule has 0 saturated heterocycles. The zero-order chi connectivity index (χ0) is 25.5. The third-order valence-corrected chi connectivity index (χ3v) is 6.13. The smallest absolute Gasteiger partial charge is 0.407 e. The molecule has 188 valence electrons. The quantitative estimate of drug-likeness (QED) is 0.384. The first-order chi connectivity index (χ1) is 17.3. The van der Waals surface area contributed by atoms with Crippen LogP contribution in [0, 0.1) is 11.3 Å². The molecule has 0 fully saturated rings. The molecule has 0 spiro atoms. The summed E-state index contributed by atoms with van der Waals surface area (Å²) in [6, 6.07) is 16.0. The van der Waals surface area contributed by atoms with Crippen LogP contribution in [0.1, 0.15) is 37.5 Å². The van der Waals surface area contributed by atoms with Gasteiger partial charge in [0, 0.05) is 30.6 Å². The molecule has 0 radical (unpaired) electrons. The fourth-order valence-electron chi connectivity index (χ4n) is 3.53. The van der Waals surface area contributed by atoms with Gasteiger partial charge in [-0.2, -0.15) is 5.26 Å². The van der Waals surface area contributed by atoms with Crippen molar-refractivity contribution >= 4 is 17.4 Å². The number of ether oxygens (including phenoxy) is 4. The summed E-state index contributed by atoms with van der Waals surface area (Å²) >= 11 is 1.41. The number of thiophene rings is 1. The Labute approximate surface area is 214 Å². The van der Waals surface area contributed by atoms with E-state index in [-0.39, 0.29) is 6.79 Å². The number of carbonyl (C=O) groups is 1. The van der Waals surface area contributed by atoms with Gasteiger partial charge in [0.15, 0.2) is 16.6 Å². The molecule has 0 unspecified atom stereocenters. The lowest BCUT2D eigenvalue weighted by molar-refractivity contribution is 0.0528. The number of carbonyl (C=O) groups excluding carboxylic acids is 1. The maximum atomic E-state index is 11.6. The molecule has 4 rings (SSSR count). The Morgan fingerprint density at radius 3 is 2.58 bits per heavy atom. The van der Waals surface area contributed by atoms with Gasteiger partial charge in [-0.05, 0) is 49.6 Å². The monoisotopic (exact) mass is 507 g/mol. The van der Waals surface area contributed by atoms with Crippen LogP contribution in [0.25, 0.3) is 11.1 Å². The molecule has 1 amide bonds. The fourth-order valence-corrected chi connectivity index (χ4v) is 4.41. The van der Waals surface area contributed by atoms with E-state index in [0.29, 0.717) is 48.4 Å². The first kappa shape index (κ1) is 25.4. The second-order valence-electron chi connectivity index (χ2n) is 9.20. The van der Waals surface area contributed by atoms with Crippen molar-refractivity contribution in [2.75, 3.05) is 19.9 Å². The average Bonchev–Trinajstić information content (AvgIpc) is 3.48. The minimum absolute atomic E-state index is 0.210. The number of hydrogen-bond donors (Lipinski definition) is 2. The van der Waals surface area contributed by atoms with E-state index in [1.54, 1.807) is 0 Å². The number of nitrogens with one attached hydrogen (secondary N) is 2. The molecule has 0 bridgehead atoms. The molecule has 0 saturated carbocycles. The molecule has 0 aliphatic carbocycles. The Hall–Kier alpha value is -3.74. The summed E-state index contributed by atoms with van der Waals surface area (Å²) in [5.41, 5.74) is 3.85. The van der Waals surface area contributed by atoms with E-state index in [1.165, 1.54) is 11.3 Å². The van der Waals surface area contributed by atoms with Gasteiger partial charge in [-0.3, -0.25) is 0 Å². The highest BCUT2D eigenvalue weighted by Crippen LogP contribution is 2.41. The molecule has 0 atom stereocenters. The van der Waals surface area contributed by atoms with Crippen molar-refractivity contribution in [3.63, 3.8) is 0 Å². The first-order valence-corrected chi connectivity index (χ1v) is 12.5. The van der Waals surface area contributed by atoms with Crippen molar-refractivity contribution in [2.45, 2.75) is 39.5 Å². The Bertz CT molecular complexity index is 1240. The van der Waals surface area contributed by atoms with Gasteiger partial charge < -0.3 is 29.6 Å². The summed E-state index contributed by atoms with van der Waals surface area (Å²) < 4.78 is 22.0. The highest BCUT2D eigenvalue weighted by atomic mass is 32.1. The molecular formula is C27H29N3O5S. The Morgan fingerprint density at radius 1 is 1.08 bits per heavy atom. The molecule has 2 N–H and O–H groups in total. The Balaban J connectivity index is 1.25. The average molecular weight is 508 g/mol. The van der Waals surface area contributed by atoms with E-state index < -0.39 is 11.7 Å². The van der Waals surface area contributed by atoms with Crippen molar-refractivity contribution in [1.82, 2.24) is 10.6 Å². The zero-order valence-corrected chi connectivity index (χ0v) is 21.4. The van der Waals surface area contributed by atoms with Crippen LogP contribution < -0.4 is 24.8 Å². The number of amides is 1. The second-order valence-corrected chi connectivity index (χ2v) is 10.0. The summed E-state index contributed by atoms with van der Waals surface area (Å²) in [7, 11) is 0. The maximum Gasteiger partial charge on any atom is 0.407 e. The lowest BCUT2D eigenvalue weighted by atomic mass is 10.0. The topological polar surface area (TPSA) is 102 Å². The predicted molar refractivity (Wildman–Crippen MR) is 137 cm³/mol. The minimum atomic E-state index is -0.502. The molecule has 2 heterocycles. The number of rotatable bonds is 9. The molecule has 1 aliphatic rings. The highest BCUT2D eigenvalue weighted by Gasteiger charge is 2.19. The van der Waals surface area contributed by atoms with Gasteiger partial charge >= 0.3 is 6.09 Å². The minimum Gasteiger partial charge on any atom is -0.478 e. The van der Waals surface area contributed by atoms with E-state index in [9.17, 15) is 10.1 Å². The lowest BCUT2D eigenvalue weighted by Gasteiger charge is -2.19. The largest absolute Gasteiger partial charge is 0.478 e. The van der Waals surface area contributed by atoms with Gasteiger partial charge in [0.05, 0.1) is 0 Å². The summed E-state index contributed by atoms with van der Waals surface area (Å²) in [5.74, 6) is 1.39. The number of fused-ring (bicyclic) bond motifs is 1. The van der Waals surface area contributed by atoms with Gasteiger partial charge in [0.1, 0.15) is 23.8 Å². The van der Waals surface area contributed by atoms with Crippen LogP contribution in [-0.2, 0) is 17.9 Å². The molecule has 1 aliphatic heterocycles. The van der Waals surface area contributed by atoms with E-state index in [2.05, 4.69) is 16.7 Å². The van der Waals surface area contributed by atoms with Gasteiger partial charge in [-0.1, -0.05) is 30.3 Å². The van der Waals surface area contributed by atoms with Crippen molar-refractivity contribution < 1.29 is 23.7 Å². The van der Waals surface area contributed by atoms with Crippen molar-refractivity contribution in [1.29, 1.82) is 5.26 Å². The number of nitriles is 1. The molecule has 2 aromatic carbocycles. The number of benzene rings is 2. The summed E-state index contributed by atoms with van der Waals surface area (Å²) in [6.45, 7) is 7.87. The normalized spacial score (nSPS) is 12.2. The summed E-state index contributed by atoms with van der Waals surface area (Å²) in [6.07, 6.45) is -0.415. The van der Waals surface area contributed by atoms with Gasteiger partial charge in [-0.25, -0.2) is 4.79 Å². The van der Waals surface area contributed by atoms with Crippen LogP contribution in [0.15, 0.2) is 47.8 Å². The molecule has 36 heavy (non-hydrogen) atoms.